The van der Waals surface area contributed by atoms with Crippen molar-refractivity contribution in [2.24, 2.45) is 5.92 Å². The smallest absolute Gasteiger partial charge is 0.309 e. The number of carboxylic acid groups (broad SMARTS) is 1. The Morgan fingerprint density at radius 2 is 2.09 bits per heavy atom. The Labute approximate surface area is 133 Å². The monoisotopic (exact) mass is 315 g/mol. The van der Waals surface area contributed by atoms with Gasteiger partial charge in [-0.1, -0.05) is 12.1 Å². The maximum Gasteiger partial charge on any atom is 0.309 e. The molecule has 1 fully saturated rings. The van der Waals surface area contributed by atoms with Crippen molar-refractivity contribution in [3.05, 3.63) is 54.0 Å². The lowest BCUT2D eigenvalue weighted by molar-refractivity contribution is -0.142. The average molecular weight is 315 g/mol. The van der Waals surface area contributed by atoms with Crippen molar-refractivity contribution in [2.75, 3.05) is 7.11 Å². The third-order valence-electron chi connectivity index (χ3n) is 4.11. The number of amides is 1. The Morgan fingerprint density at radius 1 is 1.35 bits per heavy atom. The van der Waals surface area contributed by atoms with Crippen molar-refractivity contribution in [1.82, 2.24) is 4.90 Å². The van der Waals surface area contributed by atoms with Crippen molar-refractivity contribution in [3.8, 4) is 5.75 Å². The van der Waals surface area contributed by atoms with E-state index in [-0.39, 0.29) is 18.9 Å². The molecule has 1 saturated heterocycles. The number of hydrogen-bond donors (Lipinski definition) is 1. The van der Waals surface area contributed by atoms with Gasteiger partial charge in [-0.25, -0.2) is 0 Å². The molecule has 1 amide bonds. The number of hydrogen-bond acceptors (Lipinski definition) is 4. The molecule has 6 nitrogen and oxygen atoms in total. The first-order valence-corrected chi connectivity index (χ1v) is 7.28. The van der Waals surface area contributed by atoms with Gasteiger partial charge in [0.25, 0.3) is 0 Å². The number of carboxylic acids is 1. The molecule has 3 rings (SSSR count). The molecule has 2 heterocycles. The fourth-order valence-electron chi connectivity index (χ4n) is 2.98. The van der Waals surface area contributed by atoms with E-state index >= 15 is 0 Å². The maximum absolute atomic E-state index is 12.3. The molecule has 0 spiro atoms. The zero-order valence-electron chi connectivity index (χ0n) is 12.6. The molecule has 2 atom stereocenters. The molecule has 0 bridgehead atoms. The first kappa shape index (κ1) is 15.1. The highest BCUT2D eigenvalue weighted by Crippen LogP contribution is 2.39. The summed E-state index contributed by atoms with van der Waals surface area (Å²) < 4.78 is 10.4. The van der Waals surface area contributed by atoms with Gasteiger partial charge in [0.2, 0.25) is 5.91 Å². The minimum atomic E-state index is -0.971. The van der Waals surface area contributed by atoms with E-state index in [4.69, 9.17) is 9.15 Å². The number of carbonyl (C=O) groups excluding carboxylic acids is 1. The predicted octanol–water partition coefficient (Wildman–Crippen LogP) is 2.46. The van der Waals surface area contributed by atoms with Gasteiger partial charge < -0.3 is 19.2 Å². The number of rotatable bonds is 5. The zero-order valence-corrected chi connectivity index (χ0v) is 12.6. The number of methoxy groups -OCH3 is 1. The third-order valence-corrected chi connectivity index (χ3v) is 4.11. The molecular formula is C17H17NO5. The molecule has 0 saturated carbocycles. The fraction of sp³-hybridized carbons (Fsp3) is 0.294. The number of benzene rings is 1. The van der Waals surface area contributed by atoms with Gasteiger partial charge in [0.1, 0.15) is 11.5 Å². The number of likely N-dealkylation sites (tertiary alicyclic amines) is 1. The van der Waals surface area contributed by atoms with Crippen LogP contribution in [0, 0.1) is 5.92 Å². The zero-order chi connectivity index (χ0) is 16.4. The number of furan rings is 1. The van der Waals surface area contributed by atoms with E-state index in [1.165, 1.54) is 6.26 Å². The molecule has 0 radical (unpaired) electrons. The summed E-state index contributed by atoms with van der Waals surface area (Å²) in [4.78, 5) is 25.5. The topological polar surface area (TPSA) is 80.0 Å². The Balaban J connectivity index is 1.94. The van der Waals surface area contributed by atoms with Crippen LogP contribution in [0.2, 0.25) is 0 Å². The van der Waals surface area contributed by atoms with E-state index in [2.05, 4.69) is 0 Å². The van der Waals surface area contributed by atoms with E-state index in [0.29, 0.717) is 11.5 Å². The van der Waals surface area contributed by atoms with Crippen LogP contribution in [0.5, 0.6) is 5.75 Å². The van der Waals surface area contributed by atoms with Gasteiger partial charge in [0.15, 0.2) is 0 Å². The van der Waals surface area contributed by atoms with Gasteiger partial charge >= 0.3 is 5.97 Å². The number of carbonyl (C=O) groups is 2. The number of ether oxygens (including phenoxy) is 1. The second-order valence-electron chi connectivity index (χ2n) is 5.47. The van der Waals surface area contributed by atoms with Crippen LogP contribution < -0.4 is 4.74 Å². The third kappa shape index (κ3) is 2.92. The van der Waals surface area contributed by atoms with Gasteiger partial charge in [-0.3, -0.25) is 9.59 Å². The van der Waals surface area contributed by atoms with Crippen molar-refractivity contribution < 1.29 is 23.8 Å². The van der Waals surface area contributed by atoms with Crippen LogP contribution in [0.15, 0.2) is 47.1 Å². The highest BCUT2D eigenvalue weighted by Gasteiger charge is 2.44. The molecule has 1 aromatic heterocycles. The minimum absolute atomic E-state index is 0.00720. The SMILES string of the molecule is COc1ccc([C@H]2[C@@H](C(=O)O)CC(=O)N2Cc2ccco2)cc1. The summed E-state index contributed by atoms with van der Waals surface area (Å²) in [6.07, 6.45) is 1.53. The van der Waals surface area contributed by atoms with E-state index in [1.807, 2.05) is 0 Å². The molecular weight excluding hydrogens is 298 g/mol. The Morgan fingerprint density at radius 3 is 2.65 bits per heavy atom. The van der Waals surface area contributed by atoms with Crippen LogP contribution in [0.25, 0.3) is 0 Å². The molecule has 6 heteroatoms. The van der Waals surface area contributed by atoms with Crippen LogP contribution in [-0.2, 0) is 16.1 Å². The molecule has 2 aromatic rings. The second kappa shape index (κ2) is 6.16. The Bertz CT molecular complexity index is 692. The van der Waals surface area contributed by atoms with Crippen molar-refractivity contribution >= 4 is 11.9 Å². The molecule has 23 heavy (non-hydrogen) atoms. The van der Waals surface area contributed by atoms with Crippen LogP contribution >= 0.6 is 0 Å². The number of nitrogens with zero attached hydrogens (tertiary/aromatic N) is 1. The highest BCUT2D eigenvalue weighted by atomic mass is 16.5. The van der Waals surface area contributed by atoms with E-state index < -0.39 is 17.9 Å². The Hall–Kier alpha value is -2.76. The molecule has 1 aliphatic heterocycles. The summed E-state index contributed by atoms with van der Waals surface area (Å²) in [6, 6.07) is 10.1. The largest absolute Gasteiger partial charge is 0.497 e. The molecule has 120 valence electrons. The summed E-state index contributed by atoms with van der Waals surface area (Å²) >= 11 is 0. The molecule has 0 aliphatic carbocycles. The van der Waals surface area contributed by atoms with Gasteiger partial charge in [0, 0.05) is 6.42 Å². The van der Waals surface area contributed by atoms with Crippen molar-refractivity contribution in [1.29, 1.82) is 0 Å². The number of aliphatic carboxylic acids is 1. The van der Waals surface area contributed by atoms with Crippen LogP contribution in [0.1, 0.15) is 23.8 Å². The summed E-state index contributed by atoms with van der Waals surface area (Å²) in [5.74, 6) is -0.618. The summed E-state index contributed by atoms with van der Waals surface area (Å²) in [5, 5.41) is 9.48. The normalized spacial score (nSPS) is 20.7. The summed E-state index contributed by atoms with van der Waals surface area (Å²) in [5.41, 5.74) is 0.774. The lowest BCUT2D eigenvalue weighted by Crippen LogP contribution is -2.30. The van der Waals surface area contributed by atoms with Crippen molar-refractivity contribution in [3.63, 3.8) is 0 Å². The molecule has 1 aliphatic rings. The minimum Gasteiger partial charge on any atom is -0.497 e. The van der Waals surface area contributed by atoms with E-state index in [1.54, 1.807) is 48.4 Å². The van der Waals surface area contributed by atoms with Crippen molar-refractivity contribution in [2.45, 2.75) is 19.0 Å². The highest BCUT2D eigenvalue weighted by molar-refractivity contribution is 5.87. The fourth-order valence-corrected chi connectivity index (χ4v) is 2.98. The van der Waals surface area contributed by atoms with Gasteiger partial charge in [-0.15, -0.1) is 0 Å². The summed E-state index contributed by atoms with van der Waals surface area (Å²) in [7, 11) is 1.57. The van der Waals surface area contributed by atoms with Gasteiger partial charge in [0.05, 0.1) is 31.9 Å². The first-order valence-electron chi connectivity index (χ1n) is 7.28. The standard InChI is InChI=1S/C17H17NO5/c1-22-12-6-4-11(5-7-12)16-14(17(20)21)9-15(19)18(16)10-13-3-2-8-23-13/h2-8,14,16H,9-10H2,1H3,(H,20,21)/t14-,16-/m0/s1. The summed E-state index contributed by atoms with van der Waals surface area (Å²) in [6.45, 7) is 0.256. The lowest BCUT2D eigenvalue weighted by Gasteiger charge is -2.26. The van der Waals surface area contributed by atoms with Crippen LogP contribution in [-0.4, -0.2) is 29.0 Å². The van der Waals surface area contributed by atoms with Gasteiger partial charge in [-0.2, -0.15) is 0 Å². The predicted molar refractivity (Wildman–Crippen MR) is 80.7 cm³/mol. The van der Waals surface area contributed by atoms with Crippen LogP contribution in [0.4, 0.5) is 0 Å². The molecule has 1 aromatic carbocycles. The molecule has 0 unspecified atom stereocenters. The second-order valence-corrected chi connectivity index (χ2v) is 5.47. The first-order chi connectivity index (χ1) is 11.1. The van der Waals surface area contributed by atoms with Gasteiger partial charge in [-0.05, 0) is 29.8 Å². The lowest BCUT2D eigenvalue weighted by atomic mass is 9.93. The quantitative estimate of drug-likeness (QED) is 0.917. The maximum atomic E-state index is 12.3. The van der Waals surface area contributed by atoms with E-state index in [9.17, 15) is 14.7 Å². The Kier molecular flexibility index (Phi) is 4.06. The molecule has 1 N–H and O–H groups in total. The average Bonchev–Trinajstić information content (AvgIpc) is 3.17. The van der Waals surface area contributed by atoms with E-state index in [0.717, 1.165) is 5.56 Å². The van der Waals surface area contributed by atoms with Crippen LogP contribution in [0.3, 0.4) is 0 Å².